The summed E-state index contributed by atoms with van der Waals surface area (Å²) >= 11 is 3.55. The summed E-state index contributed by atoms with van der Waals surface area (Å²) in [6, 6.07) is 9.52. The van der Waals surface area contributed by atoms with E-state index in [-0.39, 0.29) is 18.3 Å². The number of carbonyl (C=O) groups excluding carboxylic acids is 1. The molecule has 2 aliphatic rings. The second kappa shape index (κ2) is 9.38. The normalized spacial score (nSPS) is 23.9. The van der Waals surface area contributed by atoms with Crippen molar-refractivity contribution < 1.29 is 4.79 Å². The lowest BCUT2D eigenvalue weighted by Gasteiger charge is -2.29. The van der Waals surface area contributed by atoms with Crippen LogP contribution in [0.2, 0.25) is 0 Å². The number of amides is 1. The fourth-order valence-electron chi connectivity index (χ4n) is 4.19. The van der Waals surface area contributed by atoms with Crippen LogP contribution >= 0.6 is 28.3 Å². The van der Waals surface area contributed by atoms with Gasteiger partial charge < -0.3 is 10.2 Å². The van der Waals surface area contributed by atoms with Crippen LogP contribution in [0.15, 0.2) is 28.7 Å². The highest BCUT2D eigenvalue weighted by molar-refractivity contribution is 9.10. The van der Waals surface area contributed by atoms with Crippen molar-refractivity contribution in [3.63, 3.8) is 0 Å². The Hall–Kier alpha value is -0.580. The Morgan fingerprint density at radius 3 is 2.76 bits per heavy atom. The van der Waals surface area contributed by atoms with E-state index in [1.165, 1.54) is 18.4 Å². The second-order valence-corrected chi connectivity index (χ2v) is 8.79. The van der Waals surface area contributed by atoms with E-state index in [1.807, 2.05) is 6.07 Å². The molecule has 140 valence electrons. The van der Waals surface area contributed by atoms with Gasteiger partial charge in [-0.25, -0.2) is 0 Å². The van der Waals surface area contributed by atoms with Crippen LogP contribution in [0.5, 0.6) is 0 Å². The molecule has 2 heterocycles. The summed E-state index contributed by atoms with van der Waals surface area (Å²) < 4.78 is 1.09. The molecule has 1 amide bonds. The molecule has 3 atom stereocenters. The monoisotopic (exact) mass is 428 g/mol. The average Bonchev–Trinajstić information content (AvgIpc) is 2.85. The Bertz CT molecular complexity index is 581. The van der Waals surface area contributed by atoms with Gasteiger partial charge in [-0.3, -0.25) is 4.79 Å². The molecule has 1 aromatic carbocycles. The lowest BCUT2D eigenvalue weighted by Crippen LogP contribution is -2.42. The number of likely N-dealkylation sites (tertiary alicyclic amines) is 1. The van der Waals surface area contributed by atoms with Crippen molar-refractivity contribution >= 4 is 34.2 Å². The highest BCUT2D eigenvalue weighted by Crippen LogP contribution is 2.25. The number of rotatable bonds is 5. The number of carbonyl (C=O) groups is 1. The first kappa shape index (κ1) is 20.7. The number of fused-ring (bicyclic) bond motifs is 2. The van der Waals surface area contributed by atoms with Gasteiger partial charge in [0, 0.05) is 35.6 Å². The molecule has 0 aliphatic carbocycles. The summed E-state index contributed by atoms with van der Waals surface area (Å²) in [5.41, 5.74) is 1.25. The van der Waals surface area contributed by atoms with Gasteiger partial charge in [-0.1, -0.05) is 41.9 Å². The molecule has 3 unspecified atom stereocenters. The van der Waals surface area contributed by atoms with Gasteiger partial charge in [0.2, 0.25) is 5.91 Å². The maximum Gasteiger partial charge on any atom is 0.226 e. The van der Waals surface area contributed by atoms with Crippen LogP contribution in [0.25, 0.3) is 0 Å². The molecule has 2 fully saturated rings. The standard InChI is InChI=1S/C20H29BrN2O.ClH/c1-14(2)10-16(11-15-4-3-5-17(21)12-15)20(24)23-9-8-18-6-7-19(13-23)22-18;/h3-5,12,14,16,18-19,22H,6-11,13H2,1-2H3;1H. The molecule has 2 saturated heterocycles. The molecular formula is C20H30BrClN2O. The summed E-state index contributed by atoms with van der Waals surface area (Å²) in [6.45, 7) is 6.24. The van der Waals surface area contributed by atoms with Gasteiger partial charge in [0.05, 0.1) is 0 Å². The smallest absolute Gasteiger partial charge is 0.226 e. The molecule has 0 saturated carbocycles. The molecule has 5 heteroatoms. The number of nitrogens with one attached hydrogen (secondary N) is 1. The Kier molecular flexibility index (Phi) is 7.78. The molecule has 0 radical (unpaired) electrons. The third-order valence-electron chi connectivity index (χ3n) is 5.31. The highest BCUT2D eigenvalue weighted by atomic mass is 79.9. The molecule has 0 aromatic heterocycles. The maximum atomic E-state index is 13.2. The average molecular weight is 430 g/mol. The molecule has 0 spiro atoms. The van der Waals surface area contributed by atoms with Crippen LogP contribution in [-0.2, 0) is 11.2 Å². The minimum Gasteiger partial charge on any atom is -0.341 e. The van der Waals surface area contributed by atoms with Crippen molar-refractivity contribution in [2.45, 2.75) is 58.0 Å². The molecular weight excluding hydrogens is 400 g/mol. The van der Waals surface area contributed by atoms with E-state index in [0.29, 0.717) is 23.9 Å². The third kappa shape index (κ3) is 5.70. The number of halogens is 2. The molecule has 3 rings (SSSR count). The van der Waals surface area contributed by atoms with Crippen molar-refractivity contribution in [3.05, 3.63) is 34.3 Å². The van der Waals surface area contributed by atoms with Crippen LogP contribution in [0.1, 0.15) is 45.1 Å². The van der Waals surface area contributed by atoms with Gasteiger partial charge in [0.25, 0.3) is 0 Å². The van der Waals surface area contributed by atoms with Crippen LogP contribution in [0.3, 0.4) is 0 Å². The largest absolute Gasteiger partial charge is 0.341 e. The van der Waals surface area contributed by atoms with Gasteiger partial charge in [-0.2, -0.15) is 0 Å². The Balaban J connectivity index is 0.00000225. The van der Waals surface area contributed by atoms with Crippen molar-refractivity contribution in [3.8, 4) is 0 Å². The van der Waals surface area contributed by atoms with Crippen molar-refractivity contribution in [1.82, 2.24) is 10.2 Å². The van der Waals surface area contributed by atoms with Gasteiger partial charge in [0.15, 0.2) is 0 Å². The molecule has 2 aliphatic heterocycles. The Morgan fingerprint density at radius 1 is 1.28 bits per heavy atom. The van der Waals surface area contributed by atoms with E-state index in [1.54, 1.807) is 0 Å². The van der Waals surface area contributed by atoms with Crippen LogP contribution in [0.4, 0.5) is 0 Å². The lowest BCUT2D eigenvalue weighted by atomic mass is 9.89. The predicted octanol–water partition coefficient (Wildman–Crippen LogP) is 4.43. The quantitative estimate of drug-likeness (QED) is 0.751. The summed E-state index contributed by atoms with van der Waals surface area (Å²) in [5, 5.41) is 3.67. The van der Waals surface area contributed by atoms with Crippen molar-refractivity contribution in [2.24, 2.45) is 11.8 Å². The Morgan fingerprint density at radius 2 is 2.04 bits per heavy atom. The summed E-state index contributed by atoms with van der Waals surface area (Å²) in [5.74, 6) is 0.988. The SMILES string of the molecule is CC(C)CC(Cc1cccc(Br)c1)C(=O)N1CCC2CCC(C1)N2.Cl. The number of nitrogens with zero attached hydrogens (tertiary/aromatic N) is 1. The fourth-order valence-corrected chi connectivity index (χ4v) is 4.64. The molecule has 1 aromatic rings. The minimum absolute atomic E-state index is 0. The van der Waals surface area contributed by atoms with Gasteiger partial charge in [-0.15, -0.1) is 12.4 Å². The van der Waals surface area contributed by atoms with Crippen LogP contribution in [-0.4, -0.2) is 36.0 Å². The van der Waals surface area contributed by atoms with Gasteiger partial charge >= 0.3 is 0 Å². The van der Waals surface area contributed by atoms with Gasteiger partial charge in [0.1, 0.15) is 0 Å². The fraction of sp³-hybridized carbons (Fsp3) is 0.650. The maximum absolute atomic E-state index is 13.2. The van der Waals surface area contributed by atoms with Crippen LogP contribution < -0.4 is 5.32 Å². The van der Waals surface area contributed by atoms with E-state index in [4.69, 9.17) is 0 Å². The predicted molar refractivity (Wildman–Crippen MR) is 109 cm³/mol. The molecule has 1 N–H and O–H groups in total. The first-order chi connectivity index (χ1) is 11.5. The topological polar surface area (TPSA) is 32.3 Å². The first-order valence-corrected chi connectivity index (χ1v) is 10.1. The van der Waals surface area contributed by atoms with E-state index < -0.39 is 0 Å². The summed E-state index contributed by atoms with van der Waals surface area (Å²) in [7, 11) is 0. The first-order valence-electron chi connectivity index (χ1n) is 9.30. The Labute approximate surface area is 166 Å². The van der Waals surface area contributed by atoms with Crippen molar-refractivity contribution in [2.75, 3.05) is 13.1 Å². The second-order valence-electron chi connectivity index (χ2n) is 7.87. The molecule has 25 heavy (non-hydrogen) atoms. The third-order valence-corrected chi connectivity index (χ3v) is 5.80. The minimum atomic E-state index is 0. The highest BCUT2D eigenvalue weighted by Gasteiger charge is 2.33. The number of benzene rings is 1. The van der Waals surface area contributed by atoms with E-state index in [9.17, 15) is 4.79 Å². The van der Waals surface area contributed by atoms with E-state index in [2.05, 4.69) is 58.2 Å². The van der Waals surface area contributed by atoms with E-state index >= 15 is 0 Å². The van der Waals surface area contributed by atoms with Gasteiger partial charge in [-0.05, 0) is 55.7 Å². The zero-order valence-corrected chi connectivity index (χ0v) is 17.6. The number of hydrogen-bond donors (Lipinski definition) is 1. The molecule has 3 nitrogen and oxygen atoms in total. The lowest BCUT2D eigenvalue weighted by molar-refractivity contribution is -0.136. The zero-order valence-electron chi connectivity index (χ0n) is 15.2. The summed E-state index contributed by atoms with van der Waals surface area (Å²) in [4.78, 5) is 15.4. The number of hydrogen-bond acceptors (Lipinski definition) is 2. The van der Waals surface area contributed by atoms with Crippen molar-refractivity contribution in [1.29, 1.82) is 0 Å². The summed E-state index contributed by atoms with van der Waals surface area (Å²) in [6.07, 6.45) is 5.40. The van der Waals surface area contributed by atoms with Crippen LogP contribution in [0, 0.1) is 11.8 Å². The van der Waals surface area contributed by atoms with E-state index in [0.717, 1.165) is 36.8 Å². The molecule has 2 bridgehead atoms. The zero-order chi connectivity index (χ0) is 17.1.